The zero-order valence-corrected chi connectivity index (χ0v) is 19.6. The number of fused-ring (bicyclic) bond motifs is 2. The Balaban J connectivity index is 1.33. The molecular formula is C24H26ClF2N5O3. The molecule has 1 aromatic rings. The van der Waals surface area contributed by atoms with Crippen LogP contribution in [0.2, 0.25) is 0 Å². The van der Waals surface area contributed by atoms with Crippen LogP contribution in [0.15, 0.2) is 45.8 Å². The van der Waals surface area contributed by atoms with Gasteiger partial charge in [-0.3, -0.25) is 9.69 Å². The summed E-state index contributed by atoms with van der Waals surface area (Å²) in [7, 11) is 0. The second-order valence-corrected chi connectivity index (χ2v) is 9.64. The highest BCUT2D eigenvalue weighted by Crippen LogP contribution is 2.38. The van der Waals surface area contributed by atoms with Gasteiger partial charge in [-0.25, -0.2) is 13.8 Å². The van der Waals surface area contributed by atoms with Gasteiger partial charge in [-0.15, -0.1) is 0 Å². The Labute approximate surface area is 206 Å². The fourth-order valence-corrected chi connectivity index (χ4v) is 5.51. The van der Waals surface area contributed by atoms with Gasteiger partial charge in [-0.2, -0.15) is 0 Å². The molecule has 4 aliphatic heterocycles. The molecule has 3 saturated heterocycles. The molecule has 186 valence electrons. The van der Waals surface area contributed by atoms with Crippen molar-refractivity contribution in [3.8, 4) is 5.75 Å². The summed E-state index contributed by atoms with van der Waals surface area (Å²) in [6.45, 7) is 0.0298. The number of rotatable bonds is 5. The molecule has 35 heavy (non-hydrogen) atoms. The molecule has 5 rings (SSSR count). The van der Waals surface area contributed by atoms with Crippen LogP contribution in [-0.4, -0.2) is 83.3 Å². The second-order valence-electron chi connectivity index (χ2n) is 9.20. The number of nitrogens with zero attached hydrogens (tertiary/aromatic N) is 3. The molecule has 0 aliphatic carbocycles. The van der Waals surface area contributed by atoms with Gasteiger partial charge in [0.15, 0.2) is 0 Å². The van der Waals surface area contributed by atoms with Crippen molar-refractivity contribution < 1.29 is 23.4 Å². The Kier molecular flexibility index (Phi) is 6.61. The molecule has 1 aromatic carbocycles. The van der Waals surface area contributed by atoms with E-state index in [0.717, 1.165) is 0 Å². The zero-order chi connectivity index (χ0) is 24.7. The number of allylic oxidation sites excluding steroid dienone is 1. The Morgan fingerprint density at radius 2 is 2.14 bits per heavy atom. The van der Waals surface area contributed by atoms with Crippen LogP contribution >= 0.6 is 11.6 Å². The van der Waals surface area contributed by atoms with E-state index in [2.05, 4.69) is 10.3 Å². The van der Waals surface area contributed by atoms with Gasteiger partial charge in [0.25, 0.3) is 5.91 Å². The number of nitrogens with one attached hydrogen (secondary N) is 2. The number of benzene rings is 1. The van der Waals surface area contributed by atoms with E-state index in [1.165, 1.54) is 29.3 Å². The standard InChI is InChI=1S/C24H26ClF2N5O3/c25-13-9-29-23(30-10-13)18-11-31(12-19(18)28)24(34)17-2-1-14(27)5-22(17)35-16-6-15-7-21(33)20(8-16)32(15)4-3-26/h1-2,5,9-10,15-16,20-21,28-29,33H,3-4,6-8,11-12H2/b23-18+,28-19?. The first kappa shape index (κ1) is 23.9. The SMILES string of the molecule is N=C1CN(C(=O)c2ccc(F)cc2OC2CC3CC(O)C(C2)N3CCF)C/C1=C1\N=CC(Cl)=CN1. The predicted octanol–water partition coefficient (Wildman–Crippen LogP) is 2.58. The molecule has 4 heterocycles. The van der Waals surface area contributed by atoms with Crippen LogP contribution in [0.4, 0.5) is 8.78 Å². The van der Waals surface area contributed by atoms with E-state index in [9.17, 15) is 18.7 Å². The number of hydrogen-bond donors (Lipinski definition) is 3. The summed E-state index contributed by atoms with van der Waals surface area (Å²) in [6, 6.07) is 3.55. The van der Waals surface area contributed by atoms with Crippen molar-refractivity contribution >= 4 is 29.4 Å². The smallest absolute Gasteiger partial charge is 0.258 e. The number of piperidine rings is 1. The minimum absolute atomic E-state index is 0.0171. The molecule has 11 heteroatoms. The first-order chi connectivity index (χ1) is 16.8. The Bertz CT molecular complexity index is 1140. The number of aliphatic hydroxyl groups is 1. The van der Waals surface area contributed by atoms with E-state index in [1.807, 2.05) is 4.90 Å². The predicted molar refractivity (Wildman–Crippen MR) is 127 cm³/mol. The highest BCUT2D eigenvalue weighted by molar-refractivity contribution is 6.39. The summed E-state index contributed by atoms with van der Waals surface area (Å²) in [5, 5.41) is 22.1. The van der Waals surface area contributed by atoms with E-state index < -0.39 is 18.6 Å². The van der Waals surface area contributed by atoms with Crippen molar-refractivity contribution in [1.29, 1.82) is 5.41 Å². The van der Waals surface area contributed by atoms with E-state index in [4.69, 9.17) is 21.7 Å². The molecule has 0 saturated carbocycles. The normalized spacial score (nSPS) is 30.5. The first-order valence-corrected chi connectivity index (χ1v) is 11.9. The van der Waals surface area contributed by atoms with Gasteiger partial charge in [0, 0.05) is 49.1 Å². The molecule has 8 nitrogen and oxygen atoms in total. The molecule has 0 aromatic heterocycles. The van der Waals surface area contributed by atoms with Crippen molar-refractivity contribution in [1.82, 2.24) is 15.1 Å². The van der Waals surface area contributed by atoms with Crippen molar-refractivity contribution in [2.24, 2.45) is 4.99 Å². The van der Waals surface area contributed by atoms with Crippen LogP contribution in [0.5, 0.6) is 5.75 Å². The summed E-state index contributed by atoms with van der Waals surface area (Å²) in [4.78, 5) is 21.1. The average molecular weight is 506 g/mol. The third-order valence-corrected chi connectivity index (χ3v) is 7.21. The number of hydrogen-bond acceptors (Lipinski definition) is 7. The maximum absolute atomic E-state index is 14.2. The summed E-state index contributed by atoms with van der Waals surface area (Å²) < 4.78 is 33.3. The highest BCUT2D eigenvalue weighted by atomic mass is 35.5. The van der Waals surface area contributed by atoms with Gasteiger partial charge in [0.05, 0.1) is 35.5 Å². The number of aliphatic imine (C=N–C) groups is 1. The third-order valence-electron chi connectivity index (χ3n) is 7.00. The van der Waals surface area contributed by atoms with Crippen molar-refractivity contribution in [3.05, 3.63) is 52.2 Å². The quantitative estimate of drug-likeness (QED) is 0.571. The number of halogens is 3. The topological polar surface area (TPSA) is 101 Å². The minimum Gasteiger partial charge on any atom is -0.489 e. The van der Waals surface area contributed by atoms with Gasteiger partial charge >= 0.3 is 0 Å². The van der Waals surface area contributed by atoms with Gasteiger partial charge in [0.2, 0.25) is 0 Å². The van der Waals surface area contributed by atoms with Gasteiger partial charge in [-0.1, -0.05) is 11.6 Å². The Morgan fingerprint density at radius 3 is 2.86 bits per heavy atom. The number of alkyl halides is 1. The van der Waals surface area contributed by atoms with E-state index in [0.29, 0.717) is 35.7 Å². The van der Waals surface area contributed by atoms with Gasteiger partial charge < -0.3 is 25.5 Å². The number of likely N-dealkylation sites (tertiary alicyclic amines) is 1. The largest absolute Gasteiger partial charge is 0.489 e. The summed E-state index contributed by atoms with van der Waals surface area (Å²) in [5.74, 6) is -0.328. The maximum atomic E-state index is 14.2. The molecule has 0 spiro atoms. The lowest BCUT2D eigenvalue weighted by molar-refractivity contribution is 0.0219. The lowest BCUT2D eigenvalue weighted by atomic mass is 9.99. The molecule has 3 N–H and O–H groups in total. The highest BCUT2D eigenvalue weighted by Gasteiger charge is 2.46. The molecule has 3 fully saturated rings. The van der Waals surface area contributed by atoms with Crippen LogP contribution in [0.3, 0.4) is 0 Å². The molecular weight excluding hydrogens is 480 g/mol. The van der Waals surface area contributed by atoms with E-state index in [1.54, 1.807) is 6.20 Å². The first-order valence-electron chi connectivity index (χ1n) is 11.6. The number of ether oxygens (including phenoxy) is 1. The Morgan fingerprint density at radius 1 is 1.31 bits per heavy atom. The minimum atomic E-state index is -0.559. The number of amides is 1. The second kappa shape index (κ2) is 9.67. The molecule has 4 atom stereocenters. The molecule has 0 radical (unpaired) electrons. The van der Waals surface area contributed by atoms with E-state index >= 15 is 0 Å². The maximum Gasteiger partial charge on any atom is 0.258 e. The van der Waals surface area contributed by atoms with Crippen LogP contribution in [0, 0.1) is 11.2 Å². The van der Waals surface area contributed by atoms with Crippen molar-refractivity contribution in [2.45, 2.75) is 43.6 Å². The molecule has 4 unspecified atom stereocenters. The lowest BCUT2D eigenvalue weighted by Gasteiger charge is -2.38. The van der Waals surface area contributed by atoms with Crippen LogP contribution < -0.4 is 10.1 Å². The molecule has 1 amide bonds. The fraction of sp³-hybridized carbons (Fsp3) is 0.458. The lowest BCUT2D eigenvalue weighted by Crippen LogP contribution is -2.49. The van der Waals surface area contributed by atoms with Crippen molar-refractivity contribution in [2.75, 3.05) is 26.3 Å². The average Bonchev–Trinajstić information content (AvgIpc) is 3.29. The summed E-state index contributed by atoms with van der Waals surface area (Å²) in [6.07, 6.45) is 3.70. The number of carbonyl (C=O) groups is 1. The number of carbonyl (C=O) groups excluding carboxylic acids is 1. The Hall–Kier alpha value is -2.82. The third kappa shape index (κ3) is 4.70. The van der Waals surface area contributed by atoms with Crippen LogP contribution in [0.1, 0.15) is 29.6 Å². The number of aliphatic hydroxyl groups excluding tert-OH is 1. The van der Waals surface area contributed by atoms with Crippen LogP contribution in [-0.2, 0) is 0 Å². The van der Waals surface area contributed by atoms with Gasteiger partial charge in [-0.05, 0) is 25.0 Å². The summed E-state index contributed by atoms with van der Waals surface area (Å²) in [5.41, 5.74) is 1.03. The monoisotopic (exact) mass is 505 g/mol. The molecule has 2 bridgehead atoms. The summed E-state index contributed by atoms with van der Waals surface area (Å²) >= 11 is 5.88. The van der Waals surface area contributed by atoms with Crippen molar-refractivity contribution in [3.63, 3.8) is 0 Å². The van der Waals surface area contributed by atoms with E-state index in [-0.39, 0.29) is 60.8 Å². The molecule has 4 aliphatic rings. The van der Waals surface area contributed by atoms with Crippen LogP contribution in [0.25, 0.3) is 0 Å². The fourth-order valence-electron chi connectivity index (χ4n) is 5.41. The van der Waals surface area contributed by atoms with Gasteiger partial charge in [0.1, 0.15) is 30.2 Å². The zero-order valence-electron chi connectivity index (χ0n) is 18.9.